The third-order valence-electron chi connectivity index (χ3n) is 4.93. The van der Waals surface area contributed by atoms with Crippen LogP contribution in [0.4, 0.5) is 11.4 Å². The smallest absolute Gasteiger partial charge is 0.282 e. The number of nitro benzene ring substituents is 1. The van der Waals surface area contributed by atoms with E-state index < -0.39 is 20.9 Å². The van der Waals surface area contributed by atoms with Crippen LogP contribution in [0.3, 0.4) is 0 Å². The number of hydrogen-bond acceptors (Lipinski definition) is 6. The molecule has 1 amide bonds. The Morgan fingerprint density at radius 1 is 0.882 bits per heavy atom. The summed E-state index contributed by atoms with van der Waals surface area (Å²) in [5.41, 5.74) is 0.644. The Kier molecular flexibility index (Phi) is 6.33. The number of sulfonamides is 1. The highest BCUT2D eigenvalue weighted by Crippen LogP contribution is 2.20. The normalized spacial score (nSPS) is 11.4. The molecule has 34 heavy (non-hydrogen) atoms. The lowest BCUT2D eigenvalue weighted by molar-refractivity contribution is -0.385. The zero-order valence-electron chi connectivity index (χ0n) is 17.6. The maximum atomic E-state index is 12.5. The van der Waals surface area contributed by atoms with Crippen LogP contribution in [0, 0.1) is 10.1 Å². The molecule has 0 bridgehead atoms. The van der Waals surface area contributed by atoms with Crippen molar-refractivity contribution in [2.45, 2.75) is 4.90 Å². The molecule has 4 aromatic rings. The zero-order chi connectivity index (χ0) is 24.1. The van der Waals surface area contributed by atoms with Gasteiger partial charge in [0.2, 0.25) is 0 Å². The van der Waals surface area contributed by atoms with Gasteiger partial charge in [-0.2, -0.15) is 13.5 Å². The molecule has 0 saturated heterocycles. The highest BCUT2D eigenvalue weighted by molar-refractivity contribution is 7.89. The lowest BCUT2D eigenvalue weighted by Gasteiger charge is -2.06. The number of fused-ring (bicyclic) bond motifs is 1. The minimum Gasteiger partial charge on any atom is -0.322 e. The number of carbonyl (C=O) groups excluding carboxylic acids is 1. The van der Waals surface area contributed by atoms with E-state index >= 15 is 0 Å². The summed E-state index contributed by atoms with van der Waals surface area (Å²) >= 11 is 0. The fourth-order valence-corrected chi connectivity index (χ4v) is 4.06. The van der Waals surface area contributed by atoms with E-state index in [1.165, 1.54) is 30.5 Å². The van der Waals surface area contributed by atoms with Gasteiger partial charge in [0, 0.05) is 11.8 Å². The minimum absolute atomic E-state index is 0.0544. The predicted octanol–water partition coefficient (Wildman–Crippen LogP) is 4.31. The van der Waals surface area contributed by atoms with Crippen LogP contribution in [-0.4, -0.2) is 25.5 Å². The topological polar surface area (TPSA) is 131 Å². The highest BCUT2D eigenvalue weighted by Gasteiger charge is 2.19. The van der Waals surface area contributed by atoms with Crippen LogP contribution < -0.4 is 10.1 Å². The van der Waals surface area contributed by atoms with E-state index in [-0.39, 0.29) is 16.1 Å². The standard InChI is InChI=1S/C24H18N4O5S/c29-24(22-7-3-4-8-23(22)28(30)31)26-20-12-9-17(10-13-20)16-25-27-34(32,33)21-14-11-18-5-1-2-6-19(18)15-21/h1-16,27H,(H,26,29)/b25-16+. The number of hydrazone groups is 1. The van der Waals surface area contributed by atoms with E-state index in [0.29, 0.717) is 11.3 Å². The van der Waals surface area contributed by atoms with Crippen LogP contribution in [0.15, 0.2) is 101 Å². The number of para-hydroxylation sites is 1. The quantitative estimate of drug-likeness (QED) is 0.234. The summed E-state index contributed by atoms with van der Waals surface area (Å²) in [6.45, 7) is 0. The first-order valence-corrected chi connectivity index (χ1v) is 11.5. The first-order chi connectivity index (χ1) is 16.3. The van der Waals surface area contributed by atoms with E-state index in [9.17, 15) is 23.3 Å². The number of amides is 1. The van der Waals surface area contributed by atoms with Crippen LogP contribution in [0.1, 0.15) is 15.9 Å². The molecule has 9 nitrogen and oxygen atoms in total. The first-order valence-electron chi connectivity index (χ1n) is 10.0. The van der Waals surface area contributed by atoms with E-state index in [4.69, 9.17) is 0 Å². The molecule has 4 rings (SSSR count). The van der Waals surface area contributed by atoms with Gasteiger partial charge in [0.25, 0.3) is 21.6 Å². The number of carbonyl (C=O) groups is 1. The van der Waals surface area contributed by atoms with Crippen molar-refractivity contribution in [2.24, 2.45) is 5.10 Å². The third-order valence-corrected chi connectivity index (χ3v) is 6.15. The van der Waals surface area contributed by atoms with Gasteiger partial charge in [-0.05, 0) is 46.7 Å². The summed E-state index contributed by atoms with van der Waals surface area (Å²) in [6.07, 6.45) is 1.33. The van der Waals surface area contributed by atoms with E-state index in [0.717, 1.165) is 10.8 Å². The number of benzene rings is 4. The van der Waals surface area contributed by atoms with Crippen molar-refractivity contribution in [3.05, 3.63) is 112 Å². The number of nitrogens with one attached hydrogen (secondary N) is 2. The van der Waals surface area contributed by atoms with Gasteiger partial charge in [0.15, 0.2) is 0 Å². The van der Waals surface area contributed by atoms with Gasteiger partial charge in [0.1, 0.15) is 5.56 Å². The Morgan fingerprint density at radius 3 is 2.29 bits per heavy atom. The predicted molar refractivity (Wildman–Crippen MR) is 129 cm³/mol. The van der Waals surface area contributed by atoms with Crippen molar-refractivity contribution in [3.63, 3.8) is 0 Å². The molecule has 170 valence electrons. The molecule has 10 heteroatoms. The van der Waals surface area contributed by atoms with Crippen LogP contribution in [0.5, 0.6) is 0 Å². The van der Waals surface area contributed by atoms with Crippen molar-refractivity contribution in [1.29, 1.82) is 0 Å². The van der Waals surface area contributed by atoms with Crippen LogP contribution in [-0.2, 0) is 10.0 Å². The van der Waals surface area contributed by atoms with Gasteiger partial charge in [-0.15, -0.1) is 0 Å². The Balaban J connectivity index is 1.41. The molecular formula is C24H18N4O5S. The second-order valence-corrected chi connectivity index (χ2v) is 8.87. The fourth-order valence-electron chi connectivity index (χ4n) is 3.23. The number of anilines is 1. The van der Waals surface area contributed by atoms with Gasteiger partial charge in [-0.3, -0.25) is 14.9 Å². The van der Waals surface area contributed by atoms with E-state index in [1.807, 2.05) is 24.3 Å². The SMILES string of the molecule is O=C(Nc1ccc(/C=N/NS(=O)(=O)c2ccc3ccccc3c2)cc1)c1ccccc1[N+](=O)[O-]. The van der Waals surface area contributed by atoms with Crippen molar-refractivity contribution >= 4 is 44.3 Å². The summed E-state index contributed by atoms with van der Waals surface area (Å²) < 4.78 is 25.1. The molecule has 0 atom stereocenters. The molecule has 2 N–H and O–H groups in total. The van der Waals surface area contributed by atoms with Gasteiger partial charge in [-0.25, -0.2) is 4.83 Å². The molecule has 0 aromatic heterocycles. The number of rotatable bonds is 7. The number of nitrogens with zero attached hydrogens (tertiary/aromatic N) is 2. The number of hydrogen-bond donors (Lipinski definition) is 2. The molecule has 0 aliphatic carbocycles. The molecule has 0 unspecified atom stereocenters. The fraction of sp³-hybridized carbons (Fsp3) is 0. The Labute approximate surface area is 194 Å². The zero-order valence-corrected chi connectivity index (χ0v) is 18.4. The number of nitro groups is 1. The first kappa shape index (κ1) is 22.6. The molecule has 0 aliphatic rings. The van der Waals surface area contributed by atoms with Crippen LogP contribution in [0.2, 0.25) is 0 Å². The van der Waals surface area contributed by atoms with Gasteiger partial charge >= 0.3 is 0 Å². The monoisotopic (exact) mass is 474 g/mol. The lowest BCUT2D eigenvalue weighted by Crippen LogP contribution is -2.18. The summed E-state index contributed by atoms with van der Waals surface area (Å²) in [5.74, 6) is -0.614. The van der Waals surface area contributed by atoms with Crippen molar-refractivity contribution in [2.75, 3.05) is 5.32 Å². The molecule has 0 radical (unpaired) electrons. The second kappa shape index (κ2) is 9.51. The van der Waals surface area contributed by atoms with Crippen LogP contribution >= 0.6 is 0 Å². The summed E-state index contributed by atoms with van der Waals surface area (Å²) in [7, 11) is -3.85. The maximum absolute atomic E-state index is 12.5. The minimum atomic E-state index is -3.85. The molecule has 0 aliphatic heterocycles. The van der Waals surface area contributed by atoms with Crippen LogP contribution in [0.25, 0.3) is 10.8 Å². The molecule has 0 saturated carbocycles. The third kappa shape index (κ3) is 5.08. The van der Waals surface area contributed by atoms with Gasteiger partial charge < -0.3 is 5.32 Å². The van der Waals surface area contributed by atoms with E-state index in [1.54, 1.807) is 42.5 Å². The van der Waals surface area contributed by atoms with Crippen molar-refractivity contribution in [3.8, 4) is 0 Å². The van der Waals surface area contributed by atoms with Gasteiger partial charge in [-0.1, -0.05) is 54.6 Å². The molecule has 0 heterocycles. The van der Waals surface area contributed by atoms with Crippen molar-refractivity contribution in [1.82, 2.24) is 4.83 Å². The lowest BCUT2D eigenvalue weighted by atomic mass is 10.1. The molecule has 0 fully saturated rings. The Hall–Kier alpha value is -4.57. The highest BCUT2D eigenvalue weighted by atomic mass is 32.2. The Bertz CT molecular complexity index is 1520. The summed E-state index contributed by atoms with van der Waals surface area (Å²) in [4.78, 5) is 25.2. The van der Waals surface area contributed by atoms with Gasteiger partial charge in [0.05, 0.1) is 16.0 Å². The summed E-state index contributed by atoms with van der Waals surface area (Å²) in [6, 6.07) is 24.3. The van der Waals surface area contributed by atoms with E-state index in [2.05, 4.69) is 15.2 Å². The van der Waals surface area contributed by atoms with Crippen molar-refractivity contribution < 1.29 is 18.1 Å². The Morgan fingerprint density at radius 2 is 1.56 bits per heavy atom. The average molecular weight is 474 g/mol. The second-order valence-electron chi connectivity index (χ2n) is 7.21. The maximum Gasteiger partial charge on any atom is 0.282 e. The molecular weight excluding hydrogens is 456 g/mol. The largest absolute Gasteiger partial charge is 0.322 e. The average Bonchev–Trinajstić information content (AvgIpc) is 2.84. The summed E-state index contributed by atoms with van der Waals surface area (Å²) in [5, 5.41) is 19.2. The molecule has 4 aromatic carbocycles. The molecule has 0 spiro atoms.